The molecule has 140 valence electrons. The van der Waals surface area contributed by atoms with Gasteiger partial charge in [0.05, 0.1) is 12.7 Å². The largest absolute Gasteiger partial charge is 0.496 e. The molecule has 1 N–H and O–H groups in total. The van der Waals surface area contributed by atoms with E-state index in [4.69, 9.17) is 9.15 Å². The lowest BCUT2D eigenvalue weighted by Gasteiger charge is -2.08. The molecule has 0 unspecified atom stereocenters. The number of hydrogen-bond donors (Lipinski definition) is 1. The van der Waals surface area contributed by atoms with Gasteiger partial charge in [0.25, 0.3) is 5.91 Å². The van der Waals surface area contributed by atoms with Crippen LogP contribution in [0.3, 0.4) is 0 Å². The van der Waals surface area contributed by atoms with Crippen LogP contribution in [-0.2, 0) is 0 Å². The lowest BCUT2D eigenvalue weighted by Crippen LogP contribution is -2.13. The lowest BCUT2D eigenvalue weighted by atomic mass is 10.1. The molecule has 1 heterocycles. The Hall–Kier alpha value is -3.60. The number of fused-ring (bicyclic) bond motifs is 1. The Morgan fingerprint density at radius 1 is 1.00 bits per heavy atom. The van der Waals surface area contributed by atoms with Crippen molar-refractivity contribution in [2.45, 2.75) is 13.8 Å². The molecule has 0 spiro atoms. The van der Waals surface area contributed by atoms with Crippen molar-refractivity contribution in [2.75, 3.05) is 12.4 Å². The molecule has 5 nitrogen and oxygen atoms in total. The maximum Gasteiger partial charge on any atom is 0.259 e. The minimum Gasteiger partial charge on any atom is -0.496 e. The van der Waals surface area contributed by atoms with Gasteiger partial charge >= 0.3 is 0 Å². The zero-order valence-electron chi connectivity index (χ0n) is 15.9. The highest BCUT2D eigenvalue weighted by molar-refractivity contribution is 6.06. The van der Waals surface area contributed by atoms with Crippen LogP contribution in [0.15, 0.2) is 65.1 Å². The van der Waals surface area contributed by atoms with Crippen molar-refractivity contribution in [3.8, 4) is 17.2 Å². The van der Waals surface area contributed by atoms with E-state index < -0.39 is 0 Å². The van der Waals surface area contributed by atoms with Gasteiger partial charge in [0.2, 0.25) is 5.89 Å². The van der Waals surface area contributed by atoms with Gasteiger partial charge in [0, 0.05) is 11.3 Å². The number of oxazole rings is 1. The number of carbonyl (C=O) groups is 1. The van der Waals surface area contributed by atoms with Crippen LogP contribution in [0.2, 0.25) is 0 Å². The molecule has 0 saturated heterocycles. The van der Waals surface area contributed by atoms with Gasteiger partial charge in [-0.2, -0.15) is 0 Å². The first kappa shape index (κ1) is 17.8. The summed E-state index contributed by atoms with van der Waals surface area (Å²) < 4.78 is 11.2. The second-order valence-electron chi connectivity index (χ2n) is 6.73. The standard InChI is InChI=1S/C23H20N2O3/c1-14-10-15(2)12-16(11-14)23-25-19-13-17(8-9-21(19)28-23)24-22(26)18-6-4-5-7-20(18)27-3/h4-13H,1-3H3,(H,24,26). The highest BCUT2D eigenvalue weighted by Crippen LogP contribution is 2.28. The molecule has 1 aromatic heterocycles. The van der Waals surface area contributed by atoms with Crippen LogP contribution in [0.25, 0.3) is 22.6 Å². The van der Waals surface area contributed by atoms with Crippen molar-refractivity contribution in [3.05, 3.63) is 77.4 Å². The third-order valence-electron chi connectivity index (χ3n) is 4.47. The number of anilines is 1. The van der Waals surface area contributed by atoms with Crippen LogP contribution in [-0.4, -0.2) is 18.0 Å². The lowest BCUT2D eigenvalue weighted by molar-refractivity contribution is 0.102. The SMILES string of the molecule is COc1ccccc1C(=O)Nc1ccc2oc(-c3cc(C)cc(C)c3)nc2c1. The number of para-hydroxylation sites is 1. The van der Waals surface area contributed by atoms with Gasteiger partial charge in [-0.25, -0.2) is 4.98 Å². The van der Waals surface area contributed by atoms with Crippen LogP contribution in [0, 0.1) is 13.8 Å². The highest BCUT2D eigenvalue weighted by Gasteiger charge is 2.14. The summed E-state index contributed by atoms with van der Waals surface area (Å²) in [7, 11) is 1.54. The molecule has 5 heteroatoms. The summed E-state index contributed by atoms with van der Waals surface area (Å²) >= 11 is 0. The smallest absolute Gasteiger partial charge is 0.259 e. The van der Waals surface area contributed by atoms with E-state index in [2.05, 4.69) is 16.4 Å². The fraction of sp³-hybridized carbons (Fsp3) is 0.130. The Bertz CT molecular complexity index is 1160. The maximum absolute atomic E-state index is 12.6. The first-order valence-corrected chi connectivity index (χ1v) is 8.97. The average Bonchev–Trinajstić information content (AvgIpc) is 3.10. The number of nitrogens with one attached hydrogen (secondary N) is 1. The van der Waals surface area contributed by atoms with Gasteiger partial charge in [-0.3, -0.25) is 4.79 Å². The van der Waals surface area contributed by atoms with E-state index in [1.54, 1.807) is 37.4 Å². The molecule has 0 fully saturated rings. The van der Waals surface area contributed by atoms with E-state index in [1.807, 2.05) is 38.1 Å². The van der Waals surface area contributed by atoms with Gasteiger partial charge in [-0.1, -0.05) is 29.3 Å². The summed E-state index contributed by atoms with van der Waals surface area (Å²) in [5.41, 5.74) is 5.72. The third kappa shape index (κ3) is 3.47. The van der Waals surface area contributed by atoms with Crippen molar-refractivity contribution in [1.82, 2.24) is 4.98 Å². The number of ether oxygens (including phenoxy) is 1. The van der Waals surface area contributed by atoms with Gasteiger partial charge < -0.3 is 14.5 Å². The quantitative estimate of drug-likeness (QED) is 0.523. The molecular formula is C23H20N2O3. The topological polar surface area (TPSA) is 64.4 Å². The van der Waals surface area contributed by atoms with E-state index in [0.29, 0.717) is 34.0 Å². The molecule has 28 heavy (non-hydrogen) atoms. The number of aromatic nitrogens is 1. The van der Waals surface area contributed by atoms with E-state index in [-0.39, 0.29) is 5.91 Å². The molecule has 1 amide bonds. The van der Waals surface area contributed by atoms with Crippen molar-refractivity contribution >= 4 is 22.7 Å². The molecule has 0 aliphatic rings. The molecule has 4 aromatic rings. The Morgan fingerprint density at radius 2 is 1.75 bits per heavy atom. The number of benzene rings is 3. The Labute approximate surface area is 163 Å². The van der Waals surface area contributed by atoms with Crippen LogP contribution >= 0.6 is 0 Å². The van der Waals surface area contributed by atoms with Crippen LogP contribution in [0.5, 0.6) is 5.75 Å². The molecule has 4 rings (SSSR count). The first-order chi connectivity index (χ1) is 13.5. The van der Waals surface area contributed by atoms with E-state index in [1.165, 1.54) is 0 Å². The van der Waals surface area contributed by atoms with E-state index >= 15 is 0 Å². The number of hydrogen-bond acceptors (Lipinski definition) is 4. The Balaban J connectivity index is 1.64. The molecule has 0 atom stereocenters. The van der Waals surface area contributed by atoms with E-state index in [9.17, 15) is 4.79 Å². The molecule has 3 aromatic carbocycles. The molecule has 0 radical (unpaired) electrons. The second-order valence-corrected chi connectivity index (χ2v) is 6.73. The number of rotatable bonds is 4. The fourth-order valence-corrected chi connectivity index (χ4v) is 3.26. The molecular weight excluding hydrogens is 352 g/mol. The van der Waals surface area contributed by atoms with Gasteiger partial charge in [0.15, 0.2) is 5.58 Å². The number of nitrogens with zero attached hydrogens (tertiary/aromatic N) is 1. The normalized spacial score (nSPS) is 10.8. The summed E-state index contributed by atoms with van der Waals surface area (Å²) in [6.45, 7) is 4.09. The maximum atomic E-state index is 12.6. The van der Waals surface area contributed by atoms with E-state index in [0.717, 1.165) is 16.7 Å². The summed E-state index contributed by atoms with van der Waals surface area (Å²) in [4.78, 5) is 17.2. The van der Waals surface area contributed by atoms with Gasteiger partial charge in [-0.15, -0.1) is 0 Å². The molecule has 0 bridgehead atoms. The number of aryl methyl sites for hydroxylation is 2. The fourth-order valence-electron chi connectivity index (χ4n) is 3.26. The second kappa shape index (κ2) is 7.19. The molecule has 0 saturated carbocycles. The Morgan fingerprint density at radius 3 is 2.50 bits per heavy atom. The molecule has 0 aliphatic carbocycles. The zero-order chi connectivity index (χ0) is 19.7. The highest BCUT2D eigenvalue weighted by atomic mass is 16.5. The predicted molar refractivity (Wildman–Crippen MR) is 110 cm³/mol. The minimum atomic E-state index is -0.241. The Kier molecular flexibility index (Phi) is 4.57. The average molecular weight is 372 g/mol. The van der Waals surface area contributed by atoms with Crippen molar-refractivity contribution < 1.29 is 13.9 Å². The van der Waals surface area contributed by atoms with Gasteiger partial charge in [0.1, 0.15) is 11.3 Å². The minimum absolute atomic E-state index is 0.241. The van der Waals surface area contributed by atoms with Crippen molar-refractivity contribution in [1.29, 1.82) is 0 Å². The number of carbonyl (C=O) groups excluding carboxylic acids is 1. The zero-order valence-corrected chi connectivity index (χ0v) is 15.9. The third-order valence-corrected chi connectivity index (χ3v) is 4.47. The van der Waals surface area contributed by atoms with Gasteiger partial charge in [-0.05, 0) is 56.3 Å². The summed E-state index contributed by atoms with van der Waals surface area (Å²) in [6, 6.07) is 18.7. The van der Waals surface area contributed by atoms with Crippen molar-refractivity contribution in [2.24, 2.45) is 0 Å². The summed E-state index contributed by atoms with van der Waals surface area (Å²) in [5, 5.41) is 2.89. The van der Waals surface area contributed by atoms with Crippen LogP contribution < -0.4 is 10.1 Å². The summed E-state index contributed by atoms with van der Waals surface area (Å²) in [5.74, 6) is 0.851. The van der Waals surface area contributed by atoms with Crippen LogP contribution in [0.1, 0.15) is 21.5 Å². The first-order valence-electron chi connectivity index (χ1n) is 8.97. The summed E-state index contributed by atoms with van der Waals surface area (Å²) in [6.07, 6.45) is 0. The van der Waals surface area contributed by atoms with Crippen molar-refractivity contribution in [3.63, 3.8) is 0 Å². The molecule has 0 aliphatic heterocycles. The number of amides is 1. The predicted octanol–water partition coefficient (Wildman–Crippen LogP) is 5.37. The van der Waals surface area contributed by atoms with Crippen LogP contribution in [0.4, 0.5) is 5.69 Å². The number of methoxy groups -OCH3 is 1. The monoisotopic (exact) mass is 372 g/mol.